The van der Waals surface area contributed by atoms with Gasteiger partial charge in [-0.2, -0.15) is 0 Å². The van der Waals surface area contributed by atoms with Crippen LogP contribution < -0.4 is 10.6 Å². The summed E-state index contributed by atoms with van der Waals surface area (Å²) >= 11 is 1.68. The number of benzene rings is 1. The fraction of sp³-hybridized carbons (Fsp3) is 0.524. The number of hydrogen-bond donors (Lipinski definition) is 2. The Morgan fingerprint density at radius 3 is 2.64 bits per heavy atom. The van der Waals surface area contributed by atoms with Crippen molar-refractivity contribution in [2.24, 2.45) is 4.99 Å². The molecule has 154 valence electrons. The van der Waals surface area contributed by atoms with E-state index in [4.69, 9.17) is 9.98 Å². The second-order valence-electron chi connectivity index (χ2n) is 6.97. The summed E-state index contributed by atoms with van der Waals surface area (Å²) in [6.07, 6.45) is 3.60. The molecule has 5 nitrogen and oxygen atoms in total. The summed E-state index contributed by atoms with van der Waals surface area (Å²) in [5.74, 6) is 0.903. The highest BCUT2D eigenvalue weighted by Gasteiger charge is 2.19. The predicted octanol–water partition coefficient (Wildman–Crippen LogP) is 4.36. The maximum atomic E-state index is 4.77. The van der Waals surface area contributed by atoms with E-state index in [1.54, 1.807) is 11.3 Å². The predicted molar refractivity (Wildman–Crippen MR) is 131 cm³/mol. The Morgan fingerprint density at radius 1 is 1.21 bits per heavy atom. The number of nitrogens with zero attached hydrogens (tertiary/aromatic N) is 3. The Hall–Kier alpha value is -1.19. The summed E-state index contributed by atoms with van der Waals surface area (Å²) in [4.78, 5) is 12.1. The van der Waals surface area contributed by atoms with Gasteiger partial charge in [0.2, 0.25) is 0 Å². The Morgan fingerprint density at radius 2 is 1.96 bits per heavy atom. The van der Waals surface area contributed by atoms with Crippen LogP contribution in [0.1, 0.15) is 38.8 Å². The molecule has 0 unspecified atom stereocenters. The number of piperidine rings is 1. The molecule has 1 fully saturated rings. The molecule has 0 aliphatic carbocycles. The van der Waals surface area contributed by atoms with Gasteiger partial charge in [-0.15, -0.1) is 35.3 Å². The molecule has 7 heteroatoms. The molecule has 2 aromatic rings. The molecule has 2 N–H and O–H groups in total. The summed E-state index contributed by atoms with van der Waals surface area (Å²) < 4.78 is 0. The zero-order valence-electron chi connectivity index (χ0n) is 16.9. The summed E-state index contributed by atoms with van der Waals surface area (Å²) in [5.41, 5.74) is 2.19. The van der Waals surface area contributed by atoms with Crippen molar-refractivity contribution in [1.82, 2.24) is 20.5 Å². The van der Waals surface area contributed by atoms with Crippen LogP contribution in [0.25, 0.3) is 10.6 Å². The van der Waals surface area contributed by atoms with Crippen molar-refractivity contribution in [3.63, 3.8) is 0 Å². The summed E-state index contributed by atoms with van der Waals surface area (Å²) in [6, 6.07) is 10.8. The minimum absolute atomic E-state index is 0. The van der Waals surface area contributed by atoms with Crippen LogP contribution >= 0.6 is 35.3 Å². The number of aliphatic imine (C=N–C) groups is 1. The van der Waals surface area contributed by atoms with Crippen molar-refractivity contribution in [1.29, 1.82) is 0 Å². The van der Waals surface area contributed by atoms with Gasteiger partial charge in [0.05, 0.1) is 12.2 Å². The lowest BCUT2D eigenvalue weighted by Crippen LogP contribution is -2.48. The van der Waals surface area contributed by atoms with E-state index < -0.39 is 0 Å². The average molecular weight is 513 g/mol. The lowest BCUT2D eigenvalue weighted by molar-refractivity contribution is 0.206. The molecule has 28 heavy (non-hydrogen) atoms. The van der Waals surface area contributed by atoms with Gasteiger partial charge in [0.15, 0.2) is 5.96 Å². The first-order valence-electron chi connectivity index (χ1n) is 10.1. The summed E-state index contributed by atoms with van der Waals surface area (Å²) in [5, 5.41) is 10.2. The highest BCUT2D eigenvalue weighted by Crippen LogP contribution is 2.23. The van der Waals surface area contributed by atoms with Crippen LogP contribution in [0.3, 0.4) is 0 Å². The maximum absolute atomic E-state index is 4.77. The Balaban J connectivity index is 0.00000280. The van der Waals surface area contributed by atoms with E-state index in [-0.39, 0.29) is 24.0 Å². The van der Waals surface area contributed by atoms with Crippen molar-refractivity contribution in [3.05, 3.63) is 41.4 Å². The van der Waals surface area contributed by atoms with Crippen LogP contribution in [0, 0.1) is 0 Å². The van der Waals surface area contributed by atoms with E-state index in [2.05, 4.69) is 46.9 Å². The Bertz CT molecular complexity index is 711. The topological polar surface area (TPSA) is 52.5 Å². The van der Waals surface area contributed by atoms with E-state index in [0.29, 0.717) is 12.6 Å². The first-order valence-corrected chi connectivity index (χ1v) is 10.9. The minimum atomic E-state index is 0. The number of rotatable bonds is 7. The molecule has 0 radical (unpaired) electrons. The molecule has 0 bridgehead atoms. The smallest absolute Gasteiger partial charge is 0.191 e. The number of aromatic nitrogens is 1. The third-order valence-corrected chi connectivity index (χ3v) is 5.72. The summed E-state index contributed by atoms with van der Waals surface area (Å²) in [6.45, 7) is 9.41. The molecule has 0 saturated carbocycles. The van der Waals surface area contributed by atoms with E-state index in [9.17, 15) is 0 Å². The van der Waals surface area contributed by atoms with Crippen LogP contribution in [-0.2, 0) is 6.54 Å². The number of nitrogens with one attached hydrogen (secondary N) is 2. The van der Waals surface area contributed by atoms with Gasteiger partial charge in [-0.1, -0.05) is 37.3 Å². The van der Waals surface area contributed by atoms with Crippen molar-refractivity contribution >= 4 is 41.3 Å². The van der Waals surface area contributed by atoms with Crippen LogP contribution in [-0.4, -0.2) is 48.1 Å². The number of guanidine groups is 1. The van der Waals surface area contributed by atoms with E-state index in [1.807, 2.05) is 18.2 Å². The van der Waals surface area contributed by atoms with E-state index in [1.165, 1.54) is 44.5 Å². The molecule has 1 aliphatic rings. The monoisotopic (exact) mass is 513 g/mol. The molecule has 0 atom stereocenters. The molecule has 2 heterocycles. The van der Waals surface area contributed by atoms with Gasteiger partial charge in [0.25, 0.3) is 0 Å². The van der Waals surface area contributed by atoms with Crippen molar-refractivity contribution in [2.45, 2.75) is 45.7 Å². The van der Waals surface area contributed by atoms with Gasteiger partial charge < -0.3 is 15.5 Å². The molecule has 0 amide bonds. The molecule has 1 aliphatic heterocycles. The Labute approximate surface area is 190 Å². The number of likely N-dealkylation sites (tertiary alicyclic amines) is 1. The Kier molecular flexibility index (Phi) is 10.2. The van der Waals surface area contributed by atoms with E-state index in [0.717, 1.165) is 23.2 Å². The van der Waals surface area contributed by atoms with Gasteiger partial charge in [-0.05, 0) is 32.7 Å². The zero-order valence-corrected chi connectivity index (χ0v) is 20.0. The van der Waals surface area contributed by atoms with Crippen molar-refractivity contribution in [3.8, 4) is 10.6 Å². The van der Waals surface area contributed by atoms with Crippen molar-refractivity contribution < 1.29 is 0 Å². The third kappa shape index (κ3) is 7.00. The highest BCUT2D eigenvalue weighted by atomic mass is 127. The number of halogens is 1. The van der Waals surface area contributed by atoms with Gasteiger partial charge in [-0.25, -0.2) is 9.98 Å². The average Bonchev–Trinajstić information content (AvgIpc) is 3.18. The van der Waals surface area contributed by atoms with Crippen LogP contribution in [0.15, 0.2) is 40.7 Å². The first kappa shape index (κ1) is 23.1. The maximum Gasteiger partial charge on any atom is 0.191 e. The van der Waals surface area contributed by atoms with E-state index >= 15 is 0 Å². The van der Waals surface area contributed by atoms with Crippen LogP contribution in [0.5, 0.6) is 0 Å². The molecular formula is C21H32IN5S. The van der Waals surface area contributed by atoms with Gasteiger partial charge in [0.1, 0.15) is 5.01 Å². The SMILES string of the molecule is CCCN1CCC(NC(=NCc2csc(-c3ccccc3)n2)NCC)CC1.I. The minimum Gasteiger partial charge on any atom is -0.357 e. The first-order chi connectivity index (χ1) is 13.3. The lowest BCUT2D eigenvalue weighted by Gasteiger charge is -2.32. The van der Waals surface area contributed by atoms with Gasteiger partial charge >= 0.3 is 0 Å². The van der Waals surface area contributed by atoms with Gasteiger partial charge in [-0.3, -0.25) is 0 Å². The lowest BCUT2D eigenvalue weighted by atomic mass is 10.1. The number of thiazole rings is 1. The molecule has 1 aromatic carbocycles. The zero-order chi connectivity index (χ0) is 18.9. The highest BCUT2D eigenvalue weighted by molar-refractivity contribution is 14.0. The largest absolute Gasteiger partial charge is 0.357 e. The molecular weight excluding hydrogens is 481 g/mol. The third-order valence-electron chi connectivity index (χ3n) is 4.78. The van der Waals surface area contributed by atoms with Crippen LogP contribution in [0.2, 0.25) is 0 Å². The molecule has 3 rings (SSSR count). The fourth-order valence-electron chi connectivity index (χ4n) is 3.38. The quantitative estimate of drug-likeness (QED) is 0.328. The van der Waals surface area contributed by atoms with Crippen LogP contribution in [0.4, 0.5) is 0 Å². The van der Waals surface area contributed by atoms with Gasteiger partial charge in [0, 0.05) is 36.6 Å². The molecule has 1 aromatic heterocycles. The summed E-state index contributed by atoms with van der Waals surface area (Å²) in [7, 11) is 0. The molecule has 1 saturated heterocycles. The normalized spacial score (nSPS) is 15.9. The standard InChI is InChI=1S/C21H31N5S.HI/c1-3-12-26-13-10-18(11-14-26)25-21(22-4-2)23-15-19-16-27-20(24-19)17-8-6-5-7-9-17;/h5-9,16,18H,3-4,10-15H2,1-2H3,(H2,22,23,25);1H. The second kappa shape index (κ2) is 12.4. The second-order valence-corrected chi connectivity index (χ2v) is 7.82. The number of hydrogen-bond acceptors (Lipinski definition) is 4. The fourth-order valence-corrected chi connectivity index (χ4v) is 4.20. The van der Waals surface area contributed by atoms with Crippen molar-refractivity contribution in [2.75, 3.05) is 26.2 Å². The molecule has 0 spiro atoms.